The second-order valence-corrected chi connectivity index (χ2v) is 5.25. The Kier molecular flexibility index (Phi) is 4.75. The molecule has 4 heteroatoms. The first-order chi connectivity index (χ1) is 9.21. The van der Waals surface area contributed by atoms with Gasteiger partial charge in [0.1, 0.15) is 5.82 Å². The van der Waals surface area contributed by atoms with Gasteiger partial charge in [0.05, 0.1) is 11.6 Å². The van der Waals surface area contributed by atoms with E-state index < -0.39 is 0 Å². The van der Waals surface area contributed by atoms with E-state index >= 15 is 0 Å². The number of hydrogen-bond acceptors (Lipinski definition) is 4. The standard InChI is InChI=1S/C15H22N4/c1-3-19-6-4-13(5-7-19)11-17-15-9-14(10-16)8-12(2)18-15/h8-9,13H,3-7,11H2,1-2H3,(H,17,18). The fourth-order valence-corrected chi connectivity index (χ4v) is 2.58. The van der Waals surface area contributed by atoms with Crippen LogP contribution in [0.3, 0.4) is 0 Å². The van der Waals surface area contributed by atoms with Gasteiger partial charge in [-0.25, -0.2) is 4.98 Å². The summed E-state index contributed by atoms with van der Waals surface area (Å²) in [7, 11) is 0. The molecule has 0 bridgehead atoms. The van der Waals surface area contributed by atoms with Crippen LogP contribution < -0.4 is 5.32 Å². The highest BCUT2D eigenvalue weighted by atomic mass is 15.1. The van der Waals surface area contributed by atoms with E-state index in [0.29, 0.717) is 5.56 Å². The molecular formula is C15H22N4. The van der Waals surface area contributed by atoms with Crippen LogP contribution in [-0.4, -0.2) is 36.1 Å². The van der Waals surface area contributed by atoms with Crippen LogP contribution in [-0.2, 0) is 0 Å². The lowest BCUT2D eigenvalue weighted by atomic mass is 9.97. The summed E-state index contributed by atoms with van der Waals surface area (Å²) in [6.07, 6.45) is 2.50. The first-order valence-electron chi connectivity index (χ1n) is 7.06. The Morgan fingerprint density at radius 2 is 2.16 bits per heavy atom. The molecule has 1 N–H and O–H groups in total. The second-order valence-electron chi connectivity index (χ2n) is 5.25. The Morgan fingerprint density at radius 1 is 1.42 bits per heavy atom. The molecule has 0 radical (unpaired) electrons. The maximum absolute atomic E-state index is 8.95. The molecule has 4 nitrogen and oxygen atoms in total. The molecule has 19 heavy (non-hydrogen) atoms. The highest BCUT2D eigenvalue weighted by Crippen LogP contribution is 2.18. The number of rotatable bonds is 4. The van der Waals surface area contributed by atoms with Crippen LogP contribution in [0.5, 0.6) is 0 Å². The van der Waals surface area contributed by atoms with Crippen LogP contribution in [0, 0.1) is 24.2 Å². The highest BCUT2D eigenvalue weighted by Gasteiger charge is 2.17. The molecule has 1 aliphatic rings. The summed E-state index contributed by atoms with van der Waals surface area (Å²) < 4.78 is 0. The van der Waals surface area contributed by atoms with Gasteiger partial charge < -0.3 is 10.2 Å². The van der Waals surface area contributed by atoms with Crippen molar-refractivity contribution in [2.45, 2.75) is 26.7 Å². The third-order valence-electron chi connectivity index (χ3n) is 3.81. The predicted molar refractivity (Wildman–Crippen MR) is 77.0 cm³/mol. The molecule has 1 saturated heterocycles. The molecule has 0 aliphatic carbocycles. The van der Waals surface area contributed by atoms with Gasteiger partial charge >= 0.3 is 0 Å². The van der Waals surface area contributed by atoms with Gasteiger partial charge in [-0.2, -0.15) is 5.26 Å². The largest absolute Gasteiger partial charge is 0.370 e. The van der Waals surface area contributed by atoms with E-state index in [2.05, 4.69) is 28.2 Å². The molecule has 0 unspecified atom stereocenters. The van der Waals surface area contributed by atoms with Crippen molar-refractivity contribution in [2.75, 3.05) is 31.5 Å². The van der Waals surface area contributed by atoms with E-state index in [-0.39, 0.29) is 0 Å². The predicted octanol–water partition coefficient (Wildman–Crippen LogP) is 2.41. The van der Waals surface area contributed by atoms with Crippen LogP contribution in [0.2, 0.25) is 0 Å². The Labute approximate surface area is 115 Å². The molecule has 0 amide bonds. The van der Waals surface area contributed by atoms with Crippen LogP contribution >= 0.6 is 0 Å². The van der Waals surface area contributed by atoms with Gasteiger partial charge in [-0.1, -0.05) is 6.92 Å². The normalized spacial score (nSPS) is 17.1. The zero-order valence-electron chi connectivity index (χ0n) is 11.8. The Hall–Kier alpha value is -1.60. The molecule has 2 rings (SSSR count). The third-order valence-corrected chi connectivity index (χ3v) is 3.81. The van der Waals surface area contributed by atoms with Crippen molar-refractivity contribution in [3.63, 3.8) is 0 Å². The number of piperidine rings is 1. The lowest BCUT2D eigenvalue weighted by molar-refractivity contribution is 0.198. The number of aryl methyl sites for hydroxylation is 1. The summed E-state index contributed by atoms with van der Waals surface area (Å²) >= 11 is 0. The minimum Gasteiger partial charge on any atom is -0.370 e. The first-order valence-corrected chi connectivity index (χ1v) is 7.06. The highest BCUT2D eigenvalue weighted by molar-refractivity contribution is 5.44. The Balaban J connectivity index is 1.86. The van der Waals surface area contributed by atoms with Gasteiger partial charge in [0, 0.05) is 12.2 Å². The fourth-order valence-electron chi connectivity index (χ4n) is 2.58. The quantitative estimate of drug-likeness (QED) is 0.901. The number of nitrogens with one attached hydrogen (secondary N) is 1. The fraction of sp³-hybridized carbons (Fsp3) is 0.600. The molecule has 102 valence electrons. The van der Waals surface area contributed by atoms with Gasteiger partial charge in [0.25, 0.3) is 0 Å². The maximum atomic E-state index is 8.95. The minimum atomic E-state index is 0.677. The molecular weight excluding hydrogens is 236 g/mol. The smallest absolute Gasteiger partial charge is 0.127 e. The second kappa shape index (κ2) is 6.53. The summed E-state index contributed by atoms with van der Waals surface area (Å²) in [6.45, 7) is 8.66. The summed E-state index contributed by atoms with van der Waals surface area (Å²) in [5, 5.41) is 12.3. The lowest BCUT2D eigenvalue weighted by Gasteiger charge is -2.31. The summed E-state index contributed by atoms with van der Waals surface area (Å²) in [4.78, 5) is 6.92. The summed E-state index contributed by atoms with van der Waals surface area (Å²) in [5.41, 5.74) is 1.57. The zero-order valence-corrected chi connectivity index (χ0v) is 11.8. The SMILES string of the molecule is CCN1CCC(CNc2cc(C#N)cc(C)n2)CC1. The molecule has 1 aliphatic heterocycles. The molecule has 2 heterocycles. The van der Waals surface area contributed by atoms with Gasteiger partial charge in [-0.05, 0) is 57.5 Å². The van der Waals surface area contributed by atoms with E-state index in [1.165, 1.54) is 25.9 Å². The molecule has 1 aromatic rings. The average molecular weight is 258 g/mol. The van der Waals surface area contributed by atoms with Crippen LogP contribution in [0.4, 0.5) is 5.82 Å². The first kappa shape index (κ1) is 13.8. The Bertz CT molecular complexity index is 456. The number of aromatic nitrogens is 1. The van der Waals surface area contributed by atoms with Crippen molar-refractivity contribution < 1.29 is 0 Å². The van der Waals surface area contributed by atoms with Crippen molar-refractivity contribution in [1.29, 1.82) is 5.26 Å². The number of pyridine rings is 1. The summed E-state index contributed by atoms with van der Waals surface area (Å²) in [5.74, 6) is 1.55. The van der Waals surface area contributed by atoms with Gasteiger partial charge in [0.2, 0.25) is 0 Å². The number of nitrogens with zero attached hydrogens (tertiary/aromatic N) is 3. The number of anilines is 1. The molecule has 0 spiro atoms. The van der Waals surface area contributed by atoms with E-state index in [1.54, 1.807) is 0 Å². The van der Waals surface area contributed by atoms with Gasteiger partial charge in [-0.15, -0.1) is 0 Å². The number of nitriles is 1. The van der Waals surface area contributed by atoms with Crippen molar-refractivity contribution in [2.24, 2.45) is 5.92 Å². The van der Waals surface area contributed by atoms with E-state index in [0.717, 1.165) is 30.5 Å². The van der Waals surface area contributed by atoms with Gasteiger partial charge in [0.15, 0.2) is 0 Å². The number of likely N-dealkylation sites (tertiary alicyclic amines) is 1. The molecule has 0 atom stereocenters. The third kappa shape index (κ3) is 3.93. The topological polar surface area (TPSA) is 52.0 Å². The minimum absolute atomic E-state index is 0.677. The van der Waals surface area contributed by atoms with Crippen LogP contribution in [0.15, 0.2) is 12.1 Å². The average Bonchev–Trinajstić information content (AvgIpc) is 2.45. The molecule has 1 fully saturated rings. The lowest BCUT2D eigenvalue weighted by Crippen LogP contribution is -2.35. The van der Waals surface area contributed by atoms with E-state index in [9.17, 15) is 0 Å². The van der Waals surface area contributed by atoms with Crippen LogP contribution in [0.1, 0.15) is 31.0 Å². The monoisotopic (exact) mass is 258 g/mol. The maximum Gasteiger partial charge on any atom is 0.127 e. The van der Waals surface area contributed by atoms with Crippen molar-refractivity contribution in [3.8, 4) is 6.07 Å². The summed E-state index contributed by atoms with van der Waals surface area (Å²) in [6, 6.07) is 5.81. The van der Waals surface area contributed by atoms with Gasteiger partial charge in [-0.3, -0.25) is 0 Å². The Morgan fingerprint density at radius 3 is 2.79 bits per heavy atom. The van der Waals surface area contributed by atoms with E-state index in [1.807, 2.05) is 19.1 Å². The van der Waals surface area contributed by atoms with Crippen LogP contribution in [0.25, 0.3) is 0 Å². The van der Waals surface area contributed by atoms with Crippen molar-refractivity contribution in [3.05, 3.63) is 23.4 Å². The van der Waals surface area contributed by atoms with Crippen molar-refractivity contribution in [1.82, 2.24) is 9.88 Å². The van der Waals surface area contributed by atoms with Crippen molar-refractivity contribution >= 4 is 5.82 Å². The zero-order chi connectivity index (χ0) is 13.7. The molecule has 0 aromatic carbocycles. The van der Waals surface area contributed by atoms with E-state index in [4.69, 9.17) is 5.26 Å². The number of hydrogen-bond donors (Lipinski definition) is 1. The molecule has 0 saturated carbocycles. The molecule has 1 aromatic heterocycles.